The number of hydrogen-bond acceptors (Lipinski definition) is 5. The Bertz CT molecular complexity index is 1230. The molecule has 3 aromatic rings. The van der Waals surface area contributed by atoms with E-state index in [0.29, 0.717) is 23.5 Å². The normalized spacial score (nSPS) is 11.3. The van der Waals surface area contributed by atoms with Gasteiger partial charge in [-0.15, -0.1) is 0 Å². The molecule has 0 unspecified atom stereocenters. The van der Waals surface area contributed by atoms with Crippen LogP contribution in [0.1, 0.15) is 65.3 Å². The predicted octanol–water partition coefficient (Wildman–Crippen LogP) is 5.08. The maximum absolute atomic E-state index is 13.4. The maximum atomic E-state index is 13.4. The third kappa shape index (κ3) is 9.17. The lowest BCUT2D eigenvalue weighted by molar-refractivity contribution is -0.122. The van der Waals surface area contributed by atoms with Crippen LogP contribution in [0.25, 0.3) is 0 Å². The van der Waals surface area contributed by atoms with Crippen molar-refractivity contribution in [1.29, 1.82) is 0 Å². The molecule has 0 aromatic heterocycles. The third-order valence-electron chi connectivity index (χ3n) is 6.35. The summed E-state index contributed by atoms with van der Waals surface area (Å²) in [5.41, 5.74) is 1.77. The molecule has 8 nitrogen and oxygen atoms in total. The van der Waals surface area contributed by atoms with Crippen LogP contribution in [0, 0.1) is 0 Å². The van der Waals surface area contributed by atoms with Crippen molar-refractivity contribution < 1.29 is 24.2 Å². The van der Waals surface area contributed by atoms with Gasteiger partial charge in [0.15, 0.2) is 0 Å². The largest absolute Gasteiger partial charge is 0.508 e. The molecular weight excluding hydrogens is 494 g/mol. The first kappa shape index (κ1) is 29.2. The smallest absolute Gasteiger partial charge is 0.255 e. The Hall–Kier alpha value is -4.33. The first-order chi connectivity index (χ1) is 18.9. The molecule has 8 heteroatoms. The summed E-state index contributed by atoms with van der Waals surface area (Å²) in [4.78, 5) is 39.3. The van der Waals surface area contributed by atoms with Crippen LogP contribution in [0.2, 0.25) is 0 Å². The minimum atomic E-state index is -0.844. The second-order valence-electron chi connectivity index (χ2n) is 9.33. The van der Waals surface area contributed by atoms with Crippen LogP contribution in [-0.4, -0.2) is 42.5 Å². The molecule has 0 aliphatic carbocycles. The van der Waals surface area contributed by atoms with Gasteiger partial charge in [0.25, 0.3) is 11.8 Å². The Kier molecular flexibility index (Phi) is 11.4. The van der Waals surface area contributed by atoms with Gasteiger partial charge in [-0.05, 0) is 60.5 Å². The van der Waals surface area contributed by atoms with Crippen LogP contribution >= 0.6 is 0 Å². The van der Waals surface area contributed by atoms with Gasteiger partial charge in [0.1, 0.15) is 17.5 Å². The van der Waals surface area contributed by atoms with E-state index >= 15 is 0 Å². The van der Waals surface area contributed by atoms with E-state index in [1.807, 2.05) is 0 Å². The van der Waals surface area contributed by atoms with E-state index in [2.05, 4.69) is 22.9 Å². The van der Waals surface area contributed by atoms with Crippen LogP contribution in [-0.2, 0) is 11.2 Å². The lowest BCUT2D eigenvalue weighted by atomic mass is 10.0. The zero-order chi connectivity index (χ0) is 28.0. The standard InChI is InChI=1S/C31H37N3O5/c1-3-4-5-6-9-20-32-31(38)28(21-22-12-16-24(35)17-13-22)34-30(37)26-10-7-8-11-27(26)33-29(36)23-14-18-25(39-2)19-15-23/h7-8,10-19,28,35H,3-6,9,20-21H2,1-2H3,(H,32,38)(H,33,36)(H,34,37)/t28-/m0/s1. The number of phenolic OH excluding ortho intramolecular Hbond substituents is 1. The quantitative estimate of drug-likeness (QED) is 0.217. The Labute approximate surface area is 229 Å². The van der Waals surface area contributed by atoms with E-state index in [1.54, 1.807) is 79.9 Å². The molecule has 3 rings (SSSR count). The van der Waals surface area contributed by atoms with E-state index < -0.39 is 11.9 Å². The molecule has 3 amide bonds. The first-order valence-corrected chi connectivity index (χ1v) is 13.3. The van der Waals surface area contributed by atoms with Crippen LogP contribution < -0.4 is 20.7 Å². The number of unbranched alkanes of at least 4 members (excludes halogenated alkanes) is 4. The van der Waals surface area contributed by atoms with Crippen LogP contribution in [0.5, 0.6) is 11.5 Å². The van der Waals surface area contributed by atoms with Gasteiger partial charge in [-0.2, -0.15) is 0 Å². The molecule has 0 heterocycles. The number of phenols is 1. The van der Waals surface area contributed by atoms with Gasteiger partial charge in [-0.1, -0.05) is 56.9 Å². The monoisotopic (exact) mass is 531 g/mol. The fourth-order valence-corrected chi connectivity index (χ4v) is 4.10. The number of para-hydroxylation sites is 1. The zero-order valence-electron chi connectivity index (χ0n) is 22.5. The number of carbonyl (C=O) groups is 3. The first-order valence-electron chi connectivity index (χ1n) is 13.3. The fourth-order valence-electron chi connectivity index (χ4n) is 4.10. The van der Waals surface area contributed by atoms with E-state index in [4.69, 9.17) is 4.74 Å². The highest BCUT2D eigenvalue weighted by atomic mass is 16.5. The molecule has 0 bridgehead atoms. The second-order valence-corrected chi connectivity index (χ2v) is 9.33. The number of ether oxygens (including phenoxy) is 1. The number of anilines is 1. The van der Waals surface area contributed by atoms with Crippen molar-refractivity contribution in [1.82, 2.24) is 10.6 Å². The molecule has 0 aliphatic heterocycles. The number of aromatic hydroxyl groups is 1. The van der Waals surface area contributed by atoms with Gasteiger partial charge < -0.3 is 25.8 Å². The van der Waals surface area contributed by atoms with Gasteiger partial charge in [-0.25, -0.2) is 0 Å². The van der Waals surface area contributed by atoms with Gasteiger partial charge in [-0.3, -0.25) is 14.4 Å². The van der Waals surface area contributed by atoms with Crippen molar-refractivity contribution in [3.63, 3.8) is 0 Å². The molecule has 206 valence electrons. The summed E-state index contributed by atoms with van der Waals surface area (Å²) in [5.74, 6) is -0.392. The highest BCUT2D eigenvalue weighted by Crippen LogP contribution is 2.19. The molecule has 39 heavy (non-hydrogen) atoms. The van der Waals surface area contributed by atoms with Crippen molar-refractivity contribution in [2.45, 2.75) is 51.5 Å². The Balaban J connectivity index is 1.72. The highest BCUT2D eigenvalue weighted by molar-refractivity contribution is 6.09. The Morgan fingerprint density at radius 1 is 0.846 bits per heavy atom. The topological polar surface area (TPSA) is 117 Å². The number of amides is 3. The van der Waals surface area contributed by atoms with Crippen molar-refractivity contribution in [3.05, 3.63) is 89.5 Å². The minimum Gasteiger partial charge on any atom is -0.508 e. The summed E-state index contributed by atoms with van der Waals surface area (Å²) in [7, 11) is 1.55. The average Bonchev–Trinajstić information content (AvgIpc) is 2.95. The van der Waals surface area contributed by atoms with E-state index in [0.717, 1.165) is 31.2 Å². The summed E-state index contributed by atoms with van der Waals surface area (Å²) in [6.07, 6.45) is 5.58. The average molecular weight is 532 g/mol. The van der Waals surface area contributed by atoms with Crippen molar-refractivity contribution in [2.75, 3.05) is 19.0 Å². The Morgan fingerprint density at radius 3 is 2.23 bits per heavy atom. The molecular formula is C31H37N3O5. The van der Waals surface area contributed by atoms with Gasteiger partial charge in [0.05, 0.1) is 18.4 Å². The van der Waals surface area contributed by atoms with Crippen molar-refractivity contribution in [2.24, 2.45) is 0 Å². The zero-order valence-corrected chi connectivity index (χ0v) is 22.5. The van der Waals surface area contributed by atoms with Gasteiger partial charge in [0.2, 0.25) is 5.91 Å². The van der Waals surface area contributed by atoms with Crippen LogP contribution in [0.15, 0.2) is 72.8 Å². The molecule has 0 saturated carbocycles. The van der Waals surface area contributed by atoms with E-state index in [-0.39, 0.29) is 29.5 Å². The summed E-state index contributed by atoms with van der Waals surface area (Å²) >= 11 is 0. The number of hydrogen-bond donors (Lipinski definition) is 4. The number of benzene rings is 3. The summed E-state index contributed by atoms with van der Waals surface area (Å²) in [6.45, 7) is 2.68. The number of nitrogens with one attached hydrogen (secondary N) is 3. The summed E-state index contributed by atoms with van der Waals surface area (Å²) < 4.78 is 5.14. The minimum absolute atomic E-state index is 0.123. The maximum Gasteiger partial charge on any atom is 0.255 e. The summed E-state index contributed by atoms with van der Waals surface area (Å²) in [5, 5.41) is 18.2. The summed E-state index contributed by atoms with van der Waals surface area (Å²) in [6, 6.07) is 19.0. The Morgan fingerprint density at radius 2 is 1.54 bits per heavy atom. The molecule has 0 radical (unpaired) electrons. The number of methoxy groups -OCH3 is 1. The SMILES string of the molecule is CCCCCCCNC(=O)[C@H](Cc1ccc(O)cc1)NC(=O)c1ccccc1NC(=O)c1ccc(OC)cc1. The second kappa shape index (κ2) is 15.2. The lowest BCUT2D eigenvalue weighted by Gasteiger charge is -2.20. The van der Waals surface area contributed by atoms with Crippen LogP contribution in [0.4, 0.5) is 5.69 Å². The number of rotatable bonds is 14. The van der Waals surface area contributed by atoms with E-state index in [9.17, 15) is 19.5 Å². The molecule has 0 aliphatic rings. The molecule has 0 spiro atoms. The molecule has 3 aromatic carbocycles. The molecule has 4 N–H and O–H groups in total. The molecule has 1 atom stereocenters. The van der Waals surface area contributed by atoms with Crippen LogP contribution in [0.3, 0.4) is 0 Å². The molecule has 0 saturated heterocycles. The fraction of sp³-hybridized carbons (Fsp3) is 0.323. The van der Waals surface area contributed by atoms with Crippen molar-refractivity contribution in [3.8, 4) is 11.5 Å². The van der Waals surface area contributed by atoms with Gasteiger partial charge >= 0.3 is 0 Å². The van der Waals surface area contributed by atoms with Crippen molar-refractivity contribution >= 4 is 23.4 Å². The molecule has 0 fully saturated rings. The van der Waals surface area contributed by atoms with E-state index in [1.165, 1.54) is 6.42 Å². The third-order valence-corrected chi connectivity index (χ3v) is 6.35. The lowest BCUT2D eigenvalue weighted by Crippen LogP contribution is -2.48. The highest BCUT2D eigenvalue weighted by Gasteiger charge is 2.23. The number of carbonyl (C=O) groups excluding carboxylic acids is 3. The predicted molar refractivity (Wildman–Crippen MR) is 152 cm³/mol. The van der Waals surface area contributed by atoms with Gasteiger partial charge in [0, 0.05) is 18.5 Å².